The van der Waals surface area contributed by atoms with Crippen molar-refractivity contribution in [3.8, 4) is 0 Å². The van der Waals surface area contributed by atoms with Gasteiger partial charge >= 0.3 is 0 Å². The first-order chi connectivity index (χ1) is 10.1. The number of halogens is 2. The highest BCUT2D eigenvalue weighted by molar-refractivity contribution is 8.00. The van der Waals surface area contributed by atoms with E-state index in [0.717, 1.165) is 18.9 Å². The van der Waals surface area contributed by atoms with E-state index >= 15 is 0 Å². The average Bonchev–Trinajstić information content (AvgIpc) is 2.81. The van der Waals surface area contributed by atoms with Crippen molar-refractivity contribution in [2.24, 2.45) is 0 Å². The SMILES string of the molecule is CSC1(Cn2c(=S)[nH]c3ccc(F)c(F)c32)CCCCC1. The van der Waals surface area contributed by atoms with Gasteiger partial charge in [0.1, 0.15) is 5.52 Å². The number of aromatic amines is 1. The highest BCUT2D eigenvalue weighted by Gasteiger charge is 2.32. The minimum atomic E-state index is -0.827. The predicted octanol–water partition coefficient (Wildman–Crippen LogP) is 5.04. The summed E-state index contributed by atoms with van der Waals surface area (Å²) < 4.78 is 30.0. The maximum absolute atomic E-state index is 14.2. The number of imidazole rings is 1. The van der Waals surface area contributed by atoms with Crippen molar-refractivity contribution in [3.05, 3.63) is 28.5 Å². The normalized spacial score (nSPS) is 18.2. The zero-order chi connectivity index (χ0) is 15.0. The Balaban J connectivity index is 2.09. The van der Waals surface area contributed by atoms with Crippen molar-refractivity contribution in [1.29, 1.82) is 0 Å². The van der Waals surface area contributed by atoms with E-state index in [1.807, 2.05) is 11.8 Å². The van der Waals surface area contributed by atoms with Gasteiger partial charge in [0.25, 0.3) is 0 Å². The molecule has 1 saturated carbocycles. The van der Waals surface area contributed by atoms with Gasteiger partial charge in [-0.1, -0.05) is 19.3 Å². The van der Waals surface area contributed by atoms with Crippen LogP contribution in [0.15, 0.2) is 12.1 Å². The van der Waals surface area contributed by atoms with Crippen LogP contribution in [-0.2, 0) is 6.54 Å². The molecule has 1 N–H and O–H groups in total. The summed E-state index contributed by atoms with van der Waals surface area (Å²) in [4.78, 5) is 2.99. The fourth-order valence-corrected chi connectivity index (χ4v) is 4.47. The van der Waals surface area contributed by atoms with E-state index in [2.05, 4.69) is 11.2 Å². The fourth-order valence-electron chi connectivity index (χ4n) is 3.25. The highest BCUT2D eigenvalue weighted by atomic mass is 32.2. The minimum absolute atomic E-state index is 0.0738. The van der Waals surface area contributed by atoms with E-state index in [-0.39, 0.29) is 10.3 Å². The molecule has 0 spiro atoms. The Bertz CT molecular complexity index is 714. The lowest BCUT2D eigenvalue weighted by Gasteiger charge is -2.36. The highest BCUT2D eigenvalue weighted by Crippen LogP contribution is 2.40. The molecule has 0 bridgehead atoms. The van der Waals surface area contributed by atoms with Crippen LogP contribution in [-0.4, -0.2) is 20.6 Å². The van der Waals surface area contributed by atoms with Crippen LogP contribution in [0, 0.1) is 16.4 Å². The van der Waals surface area contributed by atoms with Gasteiger partial charge in [0.15, 0.2) is 16.4 Å². The summed E-state index contributed by atoms with van der Waals surface area (Å²) in [6.07, 6.45) is 7.92. The monoisotopic (exact) mass is 328 g/mol. The van der Waals surface area contributed by atoms with Gasteiger partial charge in [-0.2, -0.15) is 11.8 Å². The zero-order valence-electron chi connectivity index (χ0n) is 11.9. The smallest absolute Gasteiger partial charge is 0.184 e. The molecule has 1 aliphatic rings. The molecule has 114 valence electrons. The van der Waals surface area contributed by atoms with Gasteiger partial charge < -0.3 is 9.55 Å². The number of rotatable bonds is 3. The lowest BCUT2D eigenvalue weighted by atomic mass is 9.88. The van der Waals surface area contributed by atoms with E-state index in [9.17, 15) is 8.78 Å². The number of hydrogen-bond acceptors (Lipinski definition) is 2. The van der Waals surface area contributed by atoms with Crippen LogP contribution in [0.3, 0.4) is 0 Å². The first-order valence-electron chi connectivity index (χ1n) is 7.18. The number of nitrogens with zero attached hydrogens (tertiary/aromatic N) is 1. The van der Waals surface area contributed by atoms with E-state index < -0.39 is 11.6 Å². The van der Waals surface area contributed by atoms with Gasteiger partial charge in [0.05, 0.1) is 5.52 Å². The summed E-state index contributed by atoms with van der Waals surface area (Å²) in [5.41, 5.74) is 0.824. The van der Waals surface area contributed by atoms with Gasteiger partial charge in [0, 0.05) is 11.3 Å². The molecular formula is C15H18F2N2S2. The van der Waals surface area contributed by atoms with Gasteiger partial charge in [-0.05, 0) is 43.4 Å². The molecule has 0 unspecified atom stereocenters. The molecule has 0 radical (unpaired) electrons. The molecule has 3 rings (SSSR count). The third-order valence-corrected chi connectivity index (χ3v) is 6.20. The largest absolute Gasteiger partial charge is 0.330 e. The van der Waals surface area contributed by atoms with Gasteiger partial charge in [-0.25, -0.2) is 8.78 Å². The Kier molecular flexibility index (Phi) is 4.10. The number of H-pyrrole nitrogens is 1. The molecule has 1 fully saturated rings. The van der Waals surface area contributed by atoms with Crippen LogP contribution in [0.2, 0.25) is 0 Å². The first kappa shape index (κ1) is 15.0. The summed E-state index contributed by atoms with van der Waals surface area (Å²) in [5.74, 6) is -1.64. The van der Waals surface area contributed by atoms with Crippen molar-refractivity contribution in [2.45, 2.75) is 43.4 Å². The molecule has 2 aromatic rings. The Morgan fingerprint density at radius 1 is 1.29 bits per heavy atom. The zero-order valence-corrected chi connectivity index (χ0v) is 13.5. The molecule has 2 nitrogen and oxygen atoms in total. The lowest BCUT2D eigenvalue weighted by Crippen LogP contribution is -2.33. The second-order valence-electron chi connectivity index (χ2n) is 5.72. The van der Waals surface area contributed by atoms with Gasteiger partial charge in [0.2, 0.25) is 0 Å². The average molecular weight is 328 g/mol. The van der Waals surface area contributed by atoms with Crippen LogP contribution in [0.4, 0.5) is 8.78 Å². The van der Waals surface area contributed by atoms with Gasteiger partial charge in [-0.3, -0.25) is 0 Å². The Labute approximate surface area is 131 Å². The third-order valence-electron chi connectivity index (χ3n) is 4.47. The topological polar surface area (TPSA) is 20.7 Å². The molecule has 0 amide bonds. The van der Waals surface area contributed by atoms with Crippen LogP contribution >= 0.6 is 24.0 Å². The van der Waals surface area contributed by atoms with Crippen LogP contribution in [0.5, 0.6) is 0 Å². The van der Waals surface area contributed by atoms with Crippen molar-refractivity contribution < 1.29 is 8.78 Å². The predicted molar refractivity (Wildman–Crippen MR) is 86.4 cm³/mol. The summed E-state index contributed by atoms with van der Waals surface area (Å²) in [6.45, 7) is 0.632. The Hall–Kier alpha value is -0.880. The lowest BCUT2D eigenvalue weighted by molar-refractivity contribution is 0.359. The van der Waals surface area contributed by atoms with Crippen LogP contribution in [0.25, 0.3) is 11.0 Å². The number of aromatic nitrogens is 2. The molecule has 21 heavy (non-hydrogen) atoms. The van der Waals surface area contributed by atoms with Crippen molar-refractivity contribution in [2.75, 3.05) is 6.26 Å². The summed E-state index contributed by atoms with van der Waals surface area (Å²) in [6, 6.07) is 2.69. The van der Waals surface area contributed by atoms with Crippen molar-refractivity contribution in [3.63, 3.8) is 0 Å². The van der Waals surface area contributed by atoms with Crippen LogP contribution < -0.4 is 0 Å². The fraction of sp³-hybridized carbons (Fsp3) is 0.533. The molecular weight excluding hydrogens is 310 g/mol. The van der Waals surface area contributed by atoms with E-state index in [0.29, 0.717) is 16.8 Å². The summed E-state index contributed by atoms with van der Waals surface area (Å²) >= 11 is 7.15. The molecule has 6 heteroatoms. The van der Waals surface area contributed by atoms with E-state index in [4.69, 9.17) is 12.2 Å². The number of nitrogens with one attached hydrogen (secondary N) is 1. The second-order valence-corrected chi connectivity index (χ2v) is 7.38. The summed E-state index contributed by atoms with van der Waals surface area (Å²) in [7, 11) is 0. The number of hydrogen-bond donors (Lipinski definition) is 1. The summed E-state index contributed by atoms with van der Waals surface area (Å²) in [5, 5.41) is 0. The minimum Gasteiger partial charge on any atom is -0.330 e. The molecule has 1 aromatic heterocycles. The maximum atomic E-state index is 14.2. The number of thioether (sulfide) groups is 1. The van der Waals surface area contributed by atoms with Crippen molar-refractivity contribution in [1.82, 2.24) is 9.55 Å². The van der Waals surface area contributed by atoms with E-state index in [1.54, 1.807) is 10.6 Å². The number of benzene rings is 1. The first-order valence-corrected chi connectivity index (χ1v) is 8.81. The Morgan fingerprint density at radius 2 is 2.00 bits per heavy atom. The van der Waals surface area contributed by atoms with E-state index in [1.165, 1.54) is 19.3 Å². The molecule has 0 atom stereocenters. The molecule has 0 aliphatic heterocycles. The van der Waals surface area contributed by atoms with Crippen molar-refractivity contribution >= 4 is 35.0 Å². The number of fused-ring (bicyclic) bond motifs is 1. The van der Waals surface area contributed by atoms with Crippen LogP contribution in [0.1, 0.15) is 32.1 Å². The third kappa shape index (κ3) is 2.63. The molecule has 1 aromatic carbocycles. The quantitative estimate of drug-likeness (QED) is 0.797. The molecule has 1 aliphatic carbocycles. The second kappa shape index (κ2) is 5.72. The standard InChI is InChI=1S/C15H18F2N2S2/c1-21-15(7-3-2-4-8-15)9-19-13-11(18-14(19)20)6-5-10(16)12(13)17/h5-6H,2-4,7-9H2,1H3,(H,18,20). The molecule has 0 saturated heterocycles. The molecule has 1 heterocycles. The maximum Gasteiger partial charge on any atom is 0.184 e. The van der Waals surface area contributed by atoms with Gasteiger partial charge in [-0.15, -0.1) is 0 Å². The Morgan fingerprint density at radius 3 is 2.67 bits per heavy atom.